The minimum absolute atomic E-state index is 0.361. The molecule has 2 aromatic carbocycles. The third-order valence-corrected chi connectivity index (χ3v) is 4.11. The molecule has 0 heterocycles. The molecular weight excluding hydrogens is 316 g/mol. The highest BCUT2D eigenvalue weighted by Gasteiger charge is 2.25. The average molecular weight is 340 g/mol. The molecule has 1 unspecified atom stereocenters. The molecule has 3 N–H and O–H groups in total. The zero-order valence-electron chi connectivity index (χ0n) is 14.8. The van der Waals surface area contributed by atoms with Crippen LogP contribution in [0.25, 0.3) is 11.1 Å². The molecule has 0 aromatic heterocycles. The fraction of sp³-hybridized carbons (Fsp3) is 0.300. The summed E-state index contributed by atoms with van der Waals surface area (Å²) in [4.78, 5) is 24.0. The molecule has 2 rings (SSSR count). The molecule has 2 aromatic rings. The molecule has 25 heavy (non-hydrogen) atoms. The summed E-state index contributed by atoms with van der Waals surface area (Å²) < 4.78 is 4.67. The lowest BCUT2D eigenvalue weighted by molar-refractivity contribution is -0.143. The fourth-order valence-corrected chi connectivity index (χ4v) is 2.50. The topological polar surface area (TPSA) is 81.4 Å². The number of methoxy groups -OCH3 is 1. The smallest absolute Gasteiger partial charge is 0.329 e. The van der Waals surface area contributed by atoms with E-state index >= 15 is 0 Å². The summed E-state index contributed by atoms with van der Waals surface area (Å²) in [6.45, 7) is 3.76. The number of amides is 1. The Hall–Kier alpha value is -2.66. The highest BCUT2D eigenvalue weighted by Crippen LogP contribution is 2.20. The average Bonchev–Trinajstić information content (AvgIpc) is 2.65. The predicted molar refractivity (Wildman–Crippen MR) is 98.2 cm³/mol. The van der Waals surface area contributed by atoms with Crippen LogP contribution in [0.4, 0.5) is 0 Å². The van der Waals surface area contributed by atoms with Crippen LogP contribution in [0.1, 0.15) is 29.8 Å². The largest absolute Gasteiger partial charge is 0.467 e. The Morgan fingerprint density at radius 1 is 1.04 bits per heavy atom. The summed E-state index contributed by atoms with van der Waals surface area (Å²) in [6, 6.07) is 14.1. The molecule has 5 nitrogen and oxygen atoms in total. The Bertz CT molecular complexity index is 722. The van der Waals surface area contributed by atoms with E-state index in [1.54, 1.807) is 19.1 Å². The van der Waals surface area contributed by atoms with E-state index in [0.29, 0.717) is 5.56 Å². The highest BCUT2D eigenvalue weighted by atomic mass is 16.5. The number of carbonyl (C=O) groups excluding carboxylic acids is 2. The molecule has 5 heteroatoms. The van der Waals surface area contributed by atoms with Gasteiger partial charge in [-0.15, -0.1) is 0 Å². The van der Waals surface area contributed by atoms with Crippen molar-refractivity contribution in [3.63, 3.8) is 0 Å². The lowest BCUT2D eigenvalue weighted by atomic mass is 10.0. The summed E-state index contributed by atoms with van der Waals surface area (Å²) in [5.74, 6) is -0.920. The summed E-state index contributed by atoms with van der Waals surface area (Å²) in [5.41, 5.74) is 9.61. The van der Waals surface area contributed by atoms with Crippen LogP contribution in [0.15, 0.2) is 48.5 Å². The molecule has 0 aliphatic heterocycles. The predicted octanol–water partition coefficient (Wildman–Crippen LogP) is 2.53. The summed E-state index contributed by atoms with van der Waals surface area (Å²) >= 11 is 0. The van der Waals surface area contributed by atoms with Gasteiger partial charge in [0.1, 0.15) is 6.04 Å². The maximum absolute atomic E-state index is 12.3. The second-order valence-electron chi connectivity index (χ2n) is 5.96. The maximum Gasteiger partial charge on any atom is 0.329 e. The molecule has 1 amide bonds. The highest BCUT2D eigenvalue weighted by molar-refractivity contribution is 5.97. The first kappa shape index (κ1) is 18.7. The number of nitrogens with one attached hydrogen (secondary N) is 1. The first-order chi connectivity index (χ1) is 12.0. The van der Waals surface area contributed by atoms with Gasteiger partial charge in [0.2, 0.25) is 0 Å². The minimum Gasteiger partial charge on any atom is -0.467 e. The van der Waals surface area contributed by atoms with Crippen molar-refractivity contribution in [2.75, 3.05) is 7.11 Å². The third-order valence-electron chi connectivity index (χ3n) is 4.11. The summed E-state index contributed by atoms with van der Waals surface area (Å²) in [7, 11) is 1.27. The normalized spacial score (nSPS) is 13.0. The van der Waals surface area contributed by atoms with Crippen molar-refractivity contribution in [3.05, 3.63) is 59.7 Å². The number of benzene rings is 2. The number of hydrogen-bond acceptors (Lipinski definition) is 4. The first-order valence-corrected chi connectivity index (χ1v) is 8.30. The molecule has 0 radical (unpaired) electrons. The van der Waals surface area contributed by atoms with Gasteiger partial charge in [0, 0.05) is 11.6 Å². The van der Waals surface area contributed by atoms with Crippen LogP contribution in [0, 0.1) is 0 Å². The van der Waals surface area contributed by atoms with Crippen molar-refractivity contribution in [2.24, 2.45) is 5.73 Å². The van der Waals surface area contributed by atoms with Crippen molar-refractivity contribution in [2.45, 2.75) is 32.4 Å². The molecule has 0 saturated carbocycles. The van der Waals surface area contributed by atoms with Crippen molar-refractivity contribution in [1.82, 2.24) is 5.32 Å². The van der Waals surface area contributed by atoms with Crippen LogP contribution in [0.2, 0.25) is 0 Å². The van der Waals surface area contributed by atoms with E-state index in [0.717, 1.165) is 17.5 Å². The maximum atomic E-state index is 12.3. The molecule has 2 atom stereocenters. The quantitative estimate of drug-likeness (QED) is 0.792. The Morgan fingerprint density at radius 2 is 1.56 bits per heavy atom. The monoisotopic (exact) mass is 340 g/mol. The van der Waals surface area contributed by atoms with Crippen LogP contribution in [-0.4, -0.2) is 31.1 Å². The van der Waals surface area contributed by atoms with Gasteiger partial charge in [-0.1, -0.05) is 43.3 Å². The second-order valence-corrected chi connectivity index (χ2v) is 5.96. The van der Waals surface area contributed by atoms with Crippen LogP contribution >= 0.6 is 0 Å². The number of hydrogen-bond donors (Lipinski definition) is 2. The van der Waals surface area contributed by atoms with E-state index in [-0.39, 0.29) is 5.91 Å². The number of ether oxygens (including phenoxy) is 1. The summed E-state index contributed by atoms with van der Waals surface area (Å²) in [5, 5.41) is 2.62. The summed E-state index contributed by atoms with van der Waals surface area (Å²) in [6.07, 6.45) is 1.00. The van der Waals surface area contributed by atoms with E-state index in [9.17, 15) is 9.59 Å². The molecule has 0 aliphatic carbocycles. The molecule has 0 spiro atoms. The Balaban J connectivity index is 2.12. The lowest BCUT2D eigenvalue weighted by Crippen LogP contribution is -2.51. The fourth-order valence-electron chi connectivity index (χ4n) is 2.50. The van der Waals surface area contributed by atoms with E-state index < -0.39 is 18.1 Å². The SMILES string of the molecule is CCc1ccc(-c2ccc(C(=O)N[C@H](C(=O)OC)C(C)N)cc2)cc1. The number of rotatable bonds is 6. The molecule has 0 fully saturated rings. The van der Waals surface area contributed by atoms with Crippen molar-refractivity contribution < 1.29 is 14.3 Å². The van der Waals surface area contributed by atoms with Gasteiger partial charge in [-0.2, -0.15) is 0 Å². The minimum atomic E-state index is -0.876. The zero-order chi connectivity index (χ0) is 18.4. The zero-order valence-corrected chi connectivity index (χ0v) is 14.8. The van der Waals surface area contributed by atoms with E-state index in [2.05, 4.69) is 41.2 Å². The molecule has 0 aliphatic rings. The van der Waals surface area contributed by atoms with Crippen molar-refractivity contribution in [3.8, 4) is 11.1 Å². The van der Waals surface area contributed by atoms with Gasteiger partial charge >= 0.3 is 5.97 Å². The van der Waals surface area contributed by atoms with Crippen LogP contribution in [0.5, 0.6) is 0 Å². The standard InChI is InChI=1S/C20H24N2O3/c1-4-14-5-7-15(8-6-14)16-9-11-17(12-10-16)19(23)22-18(13(2)21)20(24)25-3/h5-13,18H,4,21H2,1-3H3,(H,22,23)/t13?,18-/m0/s1. The third kappa shape index (κ3) is 4.67. The van der Waals surface area contributed by atoms with Gasteiger partial charge in [-0.3, -0.25) is 4.79 Å². The van der Waals surface area contributed by atoms with Gasteiger partial charge in [0.15, 0.2) is 0 Å². The van der Waals surface area contributed by atoms with Gasteiger partial charge in [-0.05, 0) is 42.2 Å². The molecular formula is C20H24N2O3. The molecule has 0 bridgehead atoms. The number of esters is 1. The van der Waals surface area contributed by atoms with Gasteiger partial charge in [-0.25, -0.2) is 4.79 Å². The molecule has 132 valence electrons. The van der Waals surface area contributed by atoms with Crippen molar-refractivity contribution >= 4 is 11.9 Å². The lowest BCUT2D eigenvalue weighted by Gasteiger charge is -2.19. The van der Waals surface area contributed by atoms with Gasteiger partial charge in [0.05, 0.1) is 7.11 Å². The number of aryl methyl sites for hydroxylation is 1. The van der Waals surface area contributed by atoms with E-state index in [1.165, 1.54) is 12.7 Å². The Labute approximate surface area is 148 Å². The van der Waals surface area contributed by atoms with Gasteiger partial charge in [0.25, 0.3) is 5.91 Å². The Kier molecular flexibility index (Phi) is 6.31. The van der Waals surface area contributed by atoms with Crippen LogP contribution in [-0.2, 0) is 16.0 Å². The second kappa shape index (κ2) is 8.44. The van der Waals surface area contributed by atoms with E-state index in [1.807, 2.05) is 12.1 Å². The number of nitrogens with two attached hydrogens (primary N) is 1. The number of carbonyl (C=O) groups is 2. The van der Waals surface area contributed by atoms with Crippen LogP contribution in [0.3, 0.4) is 0 Å². The van der Waals surface area contributed by atoms with Crippen molar-refractivity contribution in [1.29, 1.82) is 0 Å². The first-order valence-electron chi connectivity index (χ1n) is 8.30. The van der Waals surface area contributed by atoms with Crippen LogP contribution < -0.4 is 11.1 Å². The van der Waals surface area contributed by atoms with Gasteiger partial charge < -0.3 is 15.8 Å². The molecule has 0 saturated heterocycles. The Morgan fingerprint density at radius 3 is 2.00 bits per heavy atom. The van der Waals surface area contributed by atoms with E-state index in [4.69, 9.17) is 5.73 Å².